The molecule has 0 spiro atoms. The largest absolute Gasteiger partial charge is 0.506 e. The van der Waals surface area contributed by atoms with Gasteiger partial charge in [-0.25, -0.2) is 9.59 Å². The summed E-state index contributed by atoms with van der Waals surface area (Å²) in [6.07, 6.45) is 2.45. The molecule has 5 heterocycles. The topological polar surface area (TPSA) is 186 Å². The molecule has 3 atom stereocenters. The maximum Gasteiger partial charge on any atom is 0.408 e. The Labute approximate surface area is 324 Å². The number of pyridine rings is 2. The number of aromatic carboxylic acids is 1. The van der Waals surface area contributed by atoms with Crippen molar-refractivity contribution in [3.8, 4) is 11.5 Å². The molecule has 5 aromatic rings. The molecule has 2 aromatic heterocycles. The molecule has 0 aliphatic carbocycles. The molecule has 3 saturated heterocycles. The number of fused-ring (bicyclic) bond motifs is 4. The monoisotopic (exact) mass is 761 g/mol. The number of carbonyl (C=O) groups excluding carboxylic acids is 1. The van der Waals surface area contributed by atoms with Crippen molar-refractivity contribution >= 4 is 23.0 Å². The second-order valence-electron chi connectivity index (χ2n) is 14.5. The summed E-state index contributed by atoms with van der Waals surface area (Å²) < 4.78 is 12.1. The molecule has 6 N–H and O–H groups in total. The van der Waals surface area contributed by atoms with Crippen molar-refractivity contribution < 1.29 is 34.4 Å². The van der Waals surface area contributed by atoms with Crippen molar-refractivity contribution in [1.82, 2.24) is 25.5 Å². The van der Waals surface area contributed by atoms with Gasteiger partial charge in [0.1, 0.15) is 24.2 Å². The molecule has 3 aliphatic heterocycles. The fraction of sp³-hybridized carbons (Fsp3) is 0.349. The van der Waals surface area contributed by atoms with Gasteiger partial charge in [0.05, 0.1) is 34.6 Å². The third-order valence-electron chi connectivity index (χ3n) is 10.7. The molecule has 3 aromatic carbocycles. The average Bonchev–Trinajstić information content (AvgIpc) is 3.21. The predicted molar refractivity (Wildman–Crippen MR) is 210 cm³/mol. The van der Waals surface area contributed by atoms with Gasteiger partial charge in [0.2, 0.25) is 5.56 Å². The molecule has 2 bridgehead atoms. The van der Waals surface area contributed by atoms with E-state index in [1.54, 1.807) is 24.3 Å². The number of aliphatic hydroxyl groups is 1. The van der Waals surface area contributed by atoms with Gasteiger partial charge in [0, 0.05) is 24.5 Å². The molecule has 3 fully saturated rings. The number of aromatic hydroxyl groups is 1. The number of phenols is 1. The van der Waals surface area contributed by atoms with E-state index in [0.29, 0.717) is 59.8 Å². The van der Waals surface area contributed by atoms with Gasteiger partial charge in [-0.05, 0) is 111 Å². The summed E-state index contributed by atoms with van der Waals surface area (Å²) in [6.45, 7) is 3.83. The number of nitrogens with one attached hydrogen (secondary N) is 3. The van der Waals surface area contributed by atoms with Crippen molar-refractivity contribution in [3.05, 3.63) is 135 Å². The Bertz CT molecular complexity index is 2200. The van der Waals surface area contributed by atoms with E-state index in [1.807, 2.05) is 54.6 Å². The summed E-state index contributed by atoms with van der Waals surface area (Å²) in [7, 11) is 0. The van der Waals surface area contributed by atoms with Crippen LogP contribution in [0.15, 0.2) is 95.8 Å². The standard InChI is InChI=1S/C43H47N5O8/c49-36-16-14-32(33-15-17-39(51)46-41(33)36)37(50)24-44-20-5-4-11-35-34(42(52)53)13-12-30(45-35)26-55-31-10-6-9-29(23-31)40(28-7-2-1-3-8-28)47-43(54)56-38-25-48-21-18-27(38)19-22-48/h1-3,6-10,12-17,23,27,37-38,40,44,49-50H,4-5,11,18-22,24-26H2,(H,46,51)(H,47,54)(H,52,53). The van der Waals surface area contributed by atoms with Crippen molar-refractivity contribution in [2.24, 2.45) is 5.92 Å². The summed E-state index contributed by atoms with van der Waals surface area (Å²) >= 11 is 0. The number of aromatic nitrogens is 2. The van der Waals surface area contributed by atoms with Crippen LogP contribution in [0.1, 0.15) is 76.3 Å². The lowest BCUT2D eigenvalue weighted by Gasteiger charge is -2.43. The van der Waals surface area contributed by atoms with Gasteiger partial charge in [-0.1, -0.05) is 48.5 Å². The normalized spacial score (nSPS) is 18.6. The predicted octanol–water partition coefficient (Wildman–Crippen LogP) is 5.46. The number of unbranched alkanes of at least 4 members (excludes halogenated alkanes) is 1. The summed E-state index contributed by atoms with van der Waals surface area (Å²) in [4.78, 5) is 46.6. The minimum Gasteiger partial charge on any atom is -0.506 e. The zero-order valence-corrected chi connectivity index (χ0v) is 31.0. The van der Waals surface area contributed by atoms with E-state index in [9.17, 15) is 29.7 Å². The first-order valence-corrected chi connectivity index (χ1v) is 19.1. The van der Waals surface area contributed by atoms with Crippen molar-refractivity contribution in [2.45, 2.75) is 57.0 Å². The van der Waals surface area contributed by atoms with Crippen LogP contribution in [0.5, 0.6) is 11.5 Å². The number of amides is 1. The van der Waals surface area contributed by atoms with E-state index in [-0.39, 0.29) is 41.6 Å². The van der Waals surface area contributed by atoms with Crippen LogP contribution >= 0.6 is 0 Å². The number of hydrogen-bond donors (Lipinski definition) is 6. The van der Waals surface area contributed by atoms with Gasteiger partial charge in [0.15, 0.2) is 0 Å². The molecule has 1 amide bonds. The Balaban J connectivity index is 0.937. The highest BCUT2D eigenvalue weighted by Crippen LogP contribution is 2.31. The zero-order chi connectivity index (χ0) is 39.0. The maximum atomic E-state index is 13.2. The lowest BCUT2D eigenvalue weighted by Crippen LogP contribution is -2.52. The number of aliphatic hydroxyl groups excluding tert-OH is 1. The van der Waals surface area contributed by atoms with Crippen LogP contribution in [0.4, 0.5) is 4.79 Å². The SMILES string of the molecule is O=C(NC(c1ccccc1)c1cccc(OCc2ccc(C(=O)O)c(CCCCNCC(O)c3ccc(O)c4[nH]c(=O)ccc34)n2)c1)OC1CN2CCC1CC2. The van der Waals surface area contributed by atoms with Gasteiger partial charge in [-0.15, -0.1) is 0 Å². The van der Waals surface area contributed by atoms with Gasteiger partial charge >= 0.3 is 12.1 Å². The Morgan fingerprint density at radius 3 is 2.52 bits per heavy atom. The van der Waals surface area contributed by atoms with Gasteiger partial charge in [-0.2, -0.15) is 0 Å². The number of aromatic amines is 1. The number of aryl methyl sites for hydroxylation is 1. The number of rotatable bonds is 16. The number of phenolic OH excluding ortho intramolecular Hbond substituents is 1. The van der Waals surface area contributed by atoms with E-state index in [0.717, 1.165) is 43.6 Å². The van der Waals surface area contributed by atoms with Crippen LogP contribution in [0.3, 0.4) is 0 Å². The van der Waals surface area contributed by atoms with Crippen LogP contribution in [0.25, 0.3) is 10.9 Å². The van der Waals surface area contributed by atoms with Crippen LogP contribution in [-0.4, -0.2) is 81.1 Å². The second kappa shape index (κ2) is 17.8. The molecular weight excluding hydrogens is 714 g/mol. The molecule has 3 aliphatic rings. The number of H-pyrrole nitrogens is 1. The highest BCUT2D eigenvalue weighted by molar-refractivity contribution is 5.89. The zero-order valence-electron chi connectivity index (χ0n) is 31.0. The van der Waals surface area contributed by atoms with E-state index < -0.39 is 24.2 Å². The number of piperidine rings is 3. The minimum absolute atomic E-state index is 0.0691. The molecule has 8 rings (SSSR count). The molecule has 56 heavy (non-hydrogen) atoms. The summed E-state index contributed by atoms with van der Waals surface area (Å²) in [5.74, 6) is -0.152. The third kappa shape index (κ3) is 9.36. The van der Waals surface area contributed by atoms with Crippen molar-refractivity contribution in [1.29, 1.82) is 0 Å². The average molecular weight is 762 g/mol. The fourth-order valence-electron chi connectivity index (χ4n) is 7.73. The number of nitrogens with zero attached hydrogens (tertiary/aromatic N) is 2. The Kier molecular flexibility index (Phi) is 12.2. The van der Waals surface area contributed by atoms with Gasteiger partial charge < -0.3 is 40.4 Å². The number of carboxylic acid groups (broad SMARTS) is 1. The lowest BCUT2D eigenvalue weighted by atomic mass is 9.86. The van der Waals surface area contributed by atoms with E-state index in [1.165, 1.54) is 12.1 Å². The summed E-state index contributed by atoms with van der Waals surface area (Å²) in [6, 6.07) is 26.0. The van der Waals surface area contributed by atoms with Crippen LogP contribution < -0.4 is 20.9 Å². The number of carbonyl (C=O) groups is 2. The number of hydrogen-bond acceptors (Lipinski definition) is 10. The first-order chi connectivity index (χ1) is 27.2. The highest BCUT2D eigenvalue weighted by Gasteiger charge is 2.37. The first kappa shape index (κ1) is 38.5. The molecule has 0 radical (unpaired) electrons. The molecule has 3 unspecified atom stereocenters. The third-order valence-corrected chi connectivity index (χ3v) is 10.7. The minimum atomic E-state index is -1.05. The van der Waals surface area contributed by atoms with Gasteiger partial charge in [-0.3, -0.25) is 14.7 Å². The summed E-state index contributed by atoms with van der Waals surface area (Å²) in [5, 5.41) is 37.7. The van der Waals surface area contributed by atoms with Crippen LogP contribution in [0, 0.1) is 5.92 Å². The Morgan fingerprint density at radius 1 is 0.946 bits per heavy atom. The van der Waals surface area contributed by atoms with E-state index >= 15 is 0 Å². The molecule has 13 nitrogen and oxygen atoms in total. The van der Waals surface area contributed by atoms with Crippen LogP contribution in [0.2, 0.25) is 0 Å². The van der Waals surface area contributed by atoms with Crippen LogP contribution in [-0.2, 0) is 17.8 Å². The van der Waals surface area contributed by atoms with Gasteiger partial charge in [0.25, 0.3) is 0 Å². The molecule has 13 heteroatoms. The number of carboxylic acids is 1. The highest BCUT2D eigenvalue weighted by atomic mass is 16.6. The molecule has 0 saturated carbocycles. The maximum absolute atomic E-state index is 13.2. The number of benzene rings is 3. The fourth-order valence-corrected chi connectivity index (χ4v) is 7.73. The first-order valence-electron chi connectivity index (χ1n) is 19.1. The quantitative estimate of drug-likeness (QED) is 0.0702. The Hall–Kier alpha value is -5.76. The Morgan fingerprint density at radius 2 is 1.75 bits per heavy atom. The lowest BCUT2D eigenvalue weighted by molar-refractivity contribution is -0.0336. The van der Waals surface area contributed by atoms with E-state index in [2.05, 4.69) is 25.5 Å². The number of alkyl carbamates (subject to hydrolysis) is 1. The summed E-state index contributed by atoms with van der Waals surface area (Å²) in [5.41, 5.74) is 3.42. The van der Waals surface area contributed by atoms with E-state index in [4.69, 9.17) is 9.47 Å². The molecule has 292 valence electrons. The van der Waals surface area contributed by atoms with Crippen molar-refractivity contribution in [3.63, 3.8) is 0 Å². The second-order valence-corrected chi connectivity index (χ2v) is 14.5. The van der Waals surface area contributed by atoms with Crippen molar-refractivity contribution in [2.75, 3.05) is 32.7 Å². The molecular formula is C43H47N5O8. The smallest absolute Gasteiger partial charge is 0.408 e. The number of ether oxygens (including phenoxy) is 2.